The summed E-state index contributed by atoms with van der Waals surface area (Å²) < 4.78 is 5.58. The summed E-state index contributed by atoms with van der Waals surface area (Å²) in [5.74, 6) is 2.67. The monoisotopic (exact) mass is 236 g/mol. The third-order valence-corrected chi connectivity index (χ3v) is 3.87. The Hall–Kier alpha value is -0.830. The molecule has 3 heteroatoms. The van der Waals surface area contributed by atoms with Crippen molar-refractivity contribution in [3.8, 4) is 0 Å². The van der Waals surface area contributed by atoms with E-state index in [1.807, 2.05) is 13.8 Å². The van der Waals surface area contributed by atoms with Crippen molar-refractivity contribution < 1.29 is 4.42 Å². The van der Waals surface area contributed by atoms with Crippen LogP contribution in [0.4, 0.5) is 0 Å². The van der Waals surface area contributed by atoms with Gasteiger partial charge in [0.1, 0.15) is 5.76 Å². The van der Waals surface area contributed by atoms with E-state index in [2.05, 4.69) is 17.2 Å². The van der Waals surface area contributed by atoms with Gasteiger partial charge in [0.15, 0.2) is 0 Å². The molecule has 3 nitrogen and oxygen atoms in total. The van der Waals surface area contributed by atoms with Crippen LogP contribution in [0.3, 0.4) is 0 Å². The molecule has 0 aliphatic heterocycles. The van der Waals surface area contributed by atoms with Gasteiger partial charge in [-0.15, -0.1) is 0 Å². The van der Waals surface area contributed by atoms with Crippen LogP contribution in [0.15, 0.2) is 4.42 Å². The second-order valence-electron chi connectivity index (χ2n) is 5.44. The third-order valence-electron chi connectivity index (χ3n) is 3.87. The topological polar surface area (TPSA) is 38.1 Å². The normalized spacial score (nSPS) is 25.8. The van der Waals surface area contributed by atoms with Gasteiger partial charge in [-0.2, -0.15) is 0 Å². The lowest BCUT2D eigenvalue weighted by atomic mass is 10.0. The molecule has 1 aromatic rings. The highest BCUT2D eigenvalue weighted by molar-refractivity contribution is 5.05. The molecule has 17 heavy (non-hydrogen) atoms. The van der Waals surface area contributed by atoms with E-state index in [9.17, 15) is 0 Å². The van der Waals surface area contributed by atoms with Gasteiger partial charge in [0.25, 0.3) is 0 Å². The highest BCUT2D eigenvalue weighted by atomic mass is 16.4. The quantitative estimate of drug-likeness (QED) is 0.818. The van der Waals surface area contributed by atoms with Gasteiger partial charge < -0.3 is 9.73 Å². The van der Waals surface area contributed by atoms with Crippen LogP contribution >= 0.6 is 0 Å². The minimum atomic E-state index is 0.646. The molecule has 1 heterocycles. The molecule has 0 saturated heterocycles. The van der Waals surface area contributed by atoms with E-state index < -0.39 is 0 Å². The fourth-order valence-corrected chi connectivity index (χ4v) is 2.54. The predicted molar refractivity (Wildman–Crippen MR) is 68.9 cm³/mol. The lowest BCUT2D eigenvalue weighted by Gasteiger charge is -2.14. The summed E-state index contributed by atoms with van der Waals surface area (Å²) in [6.45, 7) is 7.10. The molecule has 1 aromatic heterocycles. The van der Waals surface area contributed by atoms with Gasteiger partial charge >= 0.3 is 0 Å². The van der Waals surface area contributed by atoms with Crippen LogP contribution in [0.5, 0.6) is 0 Å². The number of nitrogens with zero attached hydrogens (tertiary/aromatic N) is 1. The van der Waals surface area contributed by atoms with Crippen LogP contribution in [0.2, 0.25) is 0 Å². The Morgan fingerprint density at radius 2 is 2.06 bits per heavy atom. The first-order valence-electron chi connectivity index (χ1n) is 6.81. The molecule has 1 aliphatic rings. The molecule has 0 bridgehead atoms. The minimum absolute atomic E-state index is 0.646. The Kier molecular flexibility index (Phi) is 4.21. The first-order chi connectivity index (χ1) is 8.15. The van der Waals surface area contributed by atoms with E-state index in [0.717, 1.165) is 29.8 Å². The molecule has 1 N–H and O–H groups in total. The van der Waals surface area contributed by atoms with E-state index in [4.69, 9.17) is 4.42 Å². The minimum Gasteiger partial charge on any atom is -0.444 e. The van der Waals surface area contributed by atoms with Gasteiger partial charge in [-0.25, -0.2) is 4.98 Å². The van der Waals surface area contributed by atoms with Gasteiger partial charge in [-0.1, -0.05) is 19.8 Å². The van der Waals surface area contributed by atoms with E-state index in [-0.39, 0.29) is 0 Å². The summed E-state index contributed by atoms with van der Waals surface area (Å²) >= 11 is 0. The highest BCUT2D eigenvalue weighted by Crippen LogP contribution is 2.22. The number of oxazole rings is 1. The molecular formula is C14H24N2O. The SMILES string of the molecule is Cc1nc(CNC2CCCC(C)CC2)oc1C. The van der Waals surface area contributed by atoms with Gasteiger partial charge in [-0.05, 0) is 39.0 Å². The zero-order chi connectivity index (χ0) is 12.3. The zero-order valence-corrected chi connectivity index (χ0v) is 11.3. The fourth-order valence-electron chi connectivity index (χ4n) is 2.54. The van der Waals surface area contributed by atoms with Crippen molar-refractivity contribution in [2.45, 2.75) is 65.5 Å². The Balaban J connectivity index is 1.81. The van der Waals surface area contributed by atoms with Crippen molar-refractivity contribution in [3.63, 3.8) is 0 Å². The van der Waals surface area contributed by atoms with Crippen LogP contribution in [-0.2, 0) is 6.54 Å². The predicted octanol–water partition coefficient (Wildman–Crippen LogP) is 3.35. The molecule has 2 rings (SSSR count). The van der Waals surface area contributed by atoms with Crippen LogP contribution in [0.1, 0.15) is 56.4 Å². The molecule has 96 valence electrons. The lowest BCUT2D eigenvalue weighted by molar-refractivity contribution is 0.397. The first-order valence-corrected chi connectivity index (χ1v) is 6.81. The summed E-state index contributed by atoms with van der Waals surface area (Å²) in [6, 6.07) is 0.646. The molecule has 0 amide bonds. The van der Waals surface area contributed by atoms with Crippen molar-refractivity contribution in [3.05, 3.63) is 17.3 Å². The maximum absolute atomic E-state index is 5.58. The van der Waals surface area contributed by atoms with Crippen molar-refractivity contribution in [2.75, 3.05) is 0 Å². The number of rotatable bonds is 3. The van der Waals surface area contributed by atoms with Gasteiger partial charge in [-0.3, -0.25) is 0 Å². The fraction of sp³-hybridized carbons (Fsp3) is 0.786. The maximum Gasteiger partial charge on any atom is 0.208 e. The van der Waals surface area contributed by atoms with Crippen molar-refractivity contribution in [1.82, 2.24) is 10.3 Å². The van der Waals surface area contributed by atoms with Crippen LogP contribution in [0, 0.1) is 19.8 Å². The van der Waals surface area contributed by atoms with Crippen LogP contribution < -0.4 is 5.32 Å². The summed E-state index contributed by atoms with van der Waals surface area (Å²) in [6.07, 6.45) is 6.67. The van der Waals surface area contributed by atoms with Crippen LogP contribution in [0.25, 0.3) is 0 Å². The number of aromatic nitrogens is 1. The molecule has 1 aliphatic carbocycles. The molecule has 2 unspecified atom stereocenters. The number of aryl methyl sites for hydroxylation is 2. The van der Waals surface area contributed by atoms with Gasteiger partial charge in [0.2, 0.25) is 5.89 Å². The van der Waals surface area contributed by atoms with Crippen molar-refractivity contribution in [2.24, 2.45) is 5.92 Å². The summed E-state index contributed by atoms with van der Waals surface area (Å²) in [4.78, 5) is 4.40. The average Bonchev–Trinajstić information content (AvgIpc) is 2.50. The Morgan fingerprint density at radius 1 is 1.24 bits per heavy atom. The second-order valence-corrected chi connectivity index (χ2v) is 5.44. The zero-order valence-electron chi connectivity index (χ0n) is 11.3. The molecular weight excluding hydrogens is 212 g/mol. The maximum atomic E-state index is 5.58. The summed E-state index contributed by atoms with van der Waals surface area (Å²) in [5.41, 5.74) is 1.01. The van der Waals surface area contributed by atoms with Crippen LogP contribution in [-0.4, -0.2) is 11.0 Å². The molecule has 0 aromatic carbocycles. The average molecular weight is 236 g/mol. The van der Waals surface area contributed by atoms with E-state index in [1.165, 1.54) is 32.1 Å². The Morgan fingerprint density at radius 3 is 2.76 bits per heavy atom. The van der Waals surface area contributed by atoms with E-state index >= 15 is 0 Å². The highest BCUT2D eigenvalue weighted by Gasteiger charge is 2.16. The van der Waals surface area contributed by atoms with Gasteiger partial charge in [0, 0.05) is 6.04 Å². The van der Waals surface area contributed by atoms with E-state index in [1.54, 1.807) is 0 Å². The first kappa shape index (κ1) is 12.6. The lowest BCUT2D eigenvalue weighted by Crippen LogP contribution is -2.28. The summed E-state index contributed by atoms with van der Waals surface area (Å²) in [5, 5.41) is 3.58. The van der Waals surface area contributed by atoms with Crippen molar-refractivity contribution >= 4 is 0 Å². The number of nitrogens with one attached hydrogen (secondary N) is 1. The number of hydrogen-bond donors (Lipinski definition) is 1. The molecule has 2 atom stereocenters. The van der Waals surface area contributed by atoms with Crippen molar-refractivity contribution in [1.29, 1.82) is 0 Å². The standard InChI is InChI=1S/C14H24N2O/c1-10-5-4-6-13(8-7-10)15-9-14-16-11(2)12(3)17-14/h10,13,15H,4-9H2,1-3H3. The van der Waals surface area contributed by atoms with Gasteiger partial charge in [0.05, 0.1) is 12.2 Å². The second kappa shape index (κ2) is 5.67. The Bertz CT molecular complexity index is 340. The van der Waals surface area contributed by atoms with E-state index in [0.29, 0.717) is 6.04 Å². The Labute approximate surface area is 104 Å². The third kappa shape index (κ3) is 3.56. The summed E-state index contributed by atoms with van der Waals surface area (Å²) in [7, 11) is 0. The number of hydrogen-bond acceptors (Lipinski definition) is 3. The molecule has 1 fully saturated rings. The molecule has 0 spiro atoms. The molecule has 1 saturated carbocycles. The smallest absolute Gasteiger partial charge is 0.208 e. The largest absolute Gasteiger partial charge is 0.444 e. The molecule has 0 radical (unpaired) electrons.